The Hall–Kier alpha value is -1.39. The Morgan fingerprint density at radius 3 is 2.88 bits per heavy atom. The Balaban J connectivity index is 1.87. The van der Waals surface area contributed by atoms with Crippen LogP contribution < -0.4 is 5.32 Å². The molecule has 1 heterocycles. The molecule has 1 aromatic carbocycles. The largest absolute Gasteiger partial charge is 0.445 e. The third kappa shape index (κ3) is 3.28. The monoisotopic (exact) mass is 254 g/mol. The Kier molecular flexibility index (Phi) is 3.76. The van der Waals surface area contributed by atoms with Crippen molar-refractivity contribution in [1.29, 1.82) is 0 Å². The van der Waals surface area contributed by atoms with Gasteiger partial charge >= 0.3 is 0 Å². The molecule has 0 radical (unpaired) electrons. The lowest BCUT2D eigenvalue weighted by molar-refractivity contribution is 0.449. The number of aryl methyl sites for hydroxylation is 1. The van der Waals surface area contributed by atoms with Gasteiger partial charge in [0.05, 0.1) is 17.8 Å². The molecular weight excluding hydrogens is 243 g/mol. The maximum Gasteiger partial charge on any atom is 0.208 e. The van der Waals surface area contributed by atoms with E-state index in [1.54, 1.807) is 18.3 Å². The molecule has 0 unspecified atom stereocenters. The van der Waals surface area contributed by atoms with Crippen LogP contribution in [0, 0.1) is 12.7 Å². The molecule has 0 spiro atoms. The van der Waals surface area contributed by atoms with E-state index in [2.05, 4.69) is 10.3 Å². The van der Waals surface area contributed by atoms with Gasteiger partial charge in [-0.05, 0) is 24.6 Å². The molecule has 0 aliphatic heterocycles. The summed E-state index contributed by atoms with van der Waals surface area (Å²) in [5.41, 5.74) is 0.916. The maximum atomic E-state index is 12.9. The van der Waals surface area contributed by atoms with Crippen LogP contribution >= 0.6 is 11.6 Å². The Morgan fingerprint density at radius 2 is 2.24 bits per heavy atom. The van der Waals surface area contributed by atoms with Gasteiger partial charge in [-0.15, -0.1) is 0 Å². The van der Waals surface area contributed by atoms with Crippen molar-refractivity contribution in [2.24, 2.45) is 0 Å². The molecule has 0 fully saturated rings. The number of benzene rings is 1. The van der Waals surface area contributed by atoms with Gasteiger partial charge in [-0.3, -0.25) is 0 Å². The summed E-state index contributed by atoms with van der Waals surface area (Å²) in [7, 11) is 0. The van der Waals surface area contributed by atoms with Crippen LogP contribution in [0.15, 0.2) is 28.8 Å². The van der Waals surface area contributed by atoms with Crippen molar-refractivity contribution >= 4 is 11.6 Å². The lowest BCUT2D eigenvalue weighted by Crippen LogP contribution is -2.12. The summed E-state index contributed by atoms with van der Waals surface area (Å²) in [5, 5.41) is 3.28. The number of aromatic nitrogens is 1. The number of oxazole rings is 1. The Bertz CT molecular complexity index is 513. The van der Waals surface area contributed by atoms with E-state index in [-0.39, 0.29) is 5.02 Å². The Labute approximate surface area is 104 Å². The molecule has 0 atom stereocenters. The Morgan fingerprint density at radius 1 is 1.41 bits per heavy atom. The fourth-order valence-corrected chi connectivity index (χ4v) is 1.65. The molecule has 2 aromatic rings. The predicted octanol–water partition coefficient (Wildman–Crippen LogP) is 3.07. The first-order chi connectivity index (χ1) is 8.15. The van der Waals surface area contributed by atoms with Crippen molar-refractivity contribution in [2.45, 2.75) is 20.0 Å². The number of nitrogens with one attached hydrogen (secondary N) is 1. The topological polar surface area (TPSA) is 38.1 Å². The summed E-state index contributed by atoms with van der Waals surface area (Å²) in [6.07, 6.45) is 1.67. The molecular formula is C12H12ClFN2O. The number of halogens is 2. The minimum Gasteiger partial charge on any atom is -0.445 e. The van der Waals surface area contributed by atoms with E-state index < -0.39 is 5.82 Å². The van der Waals surface area contributed by atoms with Gasteiger partial charge in [-0.25, -0.2) is 9.37 Å². The van der Waals surface area contributed by atoms with Crippen LogP contribution in [0.3, 0.4) is 0 Å². The van der Waals surface area contributed by atoms with Crippen molar-refractivity contribution in [2.75, 3.05) is 0 Å². The number of hydrogen-bond donors (Lipinski definition) is 1. The highest BCUT2D eigenvalue weighted by atomic mass is 35.5. The van der Waals surface area contributed by atoms with E-state index in [1.165, 1.54) is 6.07 Å². The van der Waals surface area contributed by atoms with Gasteiger partial charge in [0, 0.05) is 6.54 Å². The molecule has 3 nitrogen and oxygen atoms in total. The zero-order valence-corrected chi connectivity index (χ0v) is 10.1. The van der Waals surface area contributed by atoms with Gasteiger partial charge in [0.15, 0.2) is 0 Å². The number of rotatable bonds is 4. The van der Waals surface area contributed by atoms with Gasteiger partial charge in [-0.1, -0.05) is 17.7 Å². The fraction of sp³-hybridized carbons (Fsp3) is 0.250. The number of hydrogen-bond acceptors (Lipinski definition) is 3. The molecule has 0 bridgehead atoms. The van der Waals surface area contributed by atoms with Crippen molar-refractivity contribution in [3.05, 3.63) is 52.5 Å². The third-order valence-electron chi connectivity index (χ3n) is 2.26. The van der Waals surface area contributed by atoms with Crippen molar-refractivity contribution in [3.63, 3.8) is 0 Å². The van der Waals surface area contributed by atoms with Gasteiger partial charge < -0.3 is 9.73 Å². The first-order valence-corrected chi connectivity index (χ1v) is 5.59. The van der Waals surface area contributed by atoms with E-state index >= 15 is 0 Å². The molecule has 2 rings (SSSR count). The average molecular weight is 255 g/mol. The van der Waals surface area contributed by atoms with Crippen LogP contribution in [0.25, 0.3) is 0 Å². The van der Waals surface area contributed by atoms with Gasteiger partial charge in [-0.2, -0.15) is 0 Å². The molecule has 5 heteroatoms. The second-order valence-electron chi connectivity index (χ2n) is 3.72. The summed E-state index contributed by atoms with van der Waals surface area (Å²) in [6, 6.07) is 4.65. The van der Waals surface area contributed by atoms with E-state index in [1.807, 2.05) is 6.92 Å². The molecule has 0 aliphatic rings. The molecule has 1 aromatic heterocycles. The summed E-state index contributed by atoms with van der Waals surface area (Å²) >= 11 is 5.68. The summed E-state index contributed by atoms with van der Waals surface area (Å²) in [4.78, 5) is 4.06. The minimum atomic E-state index is -0.404. The second-order valence-corrected chi connectivity index (χ2v) is 4.12. The number of nitrogens with zero attached hydrogens (tertiary/aromatic N) is 1. The van der Waals surface area contributed by atoms with E-state index in [0.29, 0.717) is 19.0 Å². The zero-order chi connectivity index (χ0) is 12.3. The summed E-state index contributed by atoms with van der Waals surface area (Å²) < 4.78 is 18.2. The SMILES string of the molecule is Cc1cnc(CNCc2ccc(F)c(Cl)c2)o1. The quantitative estimate of drug-likeness (QED) is 0.911. The van der Waals surface area contributed by atoms with Crippen molar-refractivity contribution in [3.8, 4) is 0 Å². The maximum absolute atomic E-state index is 12.9. The van der Waals surface area contributed by atoms with Crippen LogP contribution in [0.2, 0.25) is 5.02 Å². The molecule has 17 heavy (non-hydrogen) atoms. The normalized spacial score (nSPS) is 10.8. The molecule has 1 N–H and O–H groups in total. The summed E-state index contributed by atoms with van der Waals surface area (Å²) in [6.45, 7) is 2.96. The first-order valence-electron chi connectivity index (χ1n) is 5.21. The van der Waals surface area contributed by atoms with Gasteiger partial charge in [0.2, 0.25) is 5.89 Å². The fourth-order valence-electron chi connectivity index (χ4n) is 1.45. The zero-order valence-electron chi connectivity index (χ0n) is 9.34. The van der Waals surface area contributed by atoms with Crippen LogP contribution in [-0.4, -0.2) is 4.98 Å². The average Bonchev–Trinajstić information content (AvgIpc) is 2.70. The van der Waals surface area contributed by atoms with Crippen LogP contribution in [0.1, 0.15) is 17.2 Å². The molecule has 0 amide bonds. The standard InChI is InChI=1S/C12H12ClFN2O/c1-8-5-16-12(17-8)7-15-6-9-2-3-11(14)10(13)4-9/h2-5,15H,6-7H2,1H3. The third-order valence-corrected chi connectivity index (χ3v) is 2.55. The highest BCUT2D eigenvalue weighted by molar-refractivity contribution is 6.30. The highest BCUT2D eigenvalue weighted by Crippen LogP contribution is 2.15. The van der Waals surface area contributed by atoms with Crippen LogP contribution in [-0.2, 0) is 13.1 Å². The molecule has 90 valence electrons. The highest BCUT2D eigenvalue weighted by Gasteiger charge is 2.02. The van der Waals surface area contributed by atoms with E-state index in [4.69, 9.17) is 16.0 Å². The molecule has 0 saturated carbocycles. The van der Waals surface area contributed by atoms with Crippen molar-refractivity contribution < 1.29 is 8.81 Å². The van der Waals surface area contributed by atoms with Crippen LogP contribution in [0.5, 0.6) is 0 Å². The lowest BCUT2D eigenvalue weighted by atomic mass is 10.2. The van der Waals surface area contributed by atoms with E-state index in [9.17, 15) is 4.39 Å². The van der Waals surface area contributed by atoms with Crippen molar-refractivity contribution in [1.82, 2.24) is 10.3 Å². The second kappa shape index (κ2) is 5.29. The smallest absolute Gasteiger partial charge is 0.208 e. The predicted molar refractivity (Wildman–Crippen MR) is 63.2 cm³/mol. The molecule has 0 saturated heterocycles. The lowest BCUT2D eigenvalue weighted by Gasteiger charge is -2.03. The first kappa shape index (κ1) is 12.1. The van der Waals surface area contributed by atoms with Gasteiger partial charge in [0.1, 0.15) is 11.6 Å². The summed E-state index contributed by atoms with van der Waals surface area (Å²) in [5.74, 6) is 1.01. The molecule has 0 aliphatic carbocycles. The van der Waals surface area contributed by atoms with Gasteiger partial charge in [0.25, 0.3) is 0 Å². The van der Waals surface area contributed by atoms with E-state index in [0.717, 1.165) is 11.3 Å². The van der Waals surface area contributed by atoms with Crippen LogP contribution in [0.4, 0.5) is 4.39 Å². The minimum absolute atomic E-state index is 0.135.